The van der Waals surface area contributed by atoms with E-state index in [9.17, 15) is 14.4 Å². The van der Waals surface area contributed by atoms with Crippen molar-refractivity contribution in [3.63, 3.8) is 0 Å². The summed E-state index contributed by atoms with van der Waals surface area (Å²) in [7, 11) is 0. The summed E-state index contributed by atoms with van der Waals surface area (Å²) in [5.41, 5.74) is 3.99. The van der Waals surface area contributed by atoms with Crippen LogP contribution in [0, 0.1) is 6.92 Å². The van der Waals surface area contributed by atoms with Gasteiger partial charge in [-0.25, -0.2) is 9.78 Å². The molecule has 7 nitrogen and oxygen atoms in total. The van der Waals surface area contributed by atoms with Gasteiger partial charge in [-0.2, -0.15) is 0 Å². The Kier molecular flexibility index (Phi) is 5.02. The van der Waals surface area contributed by atoms with Crippen molar-refractivity contribution in [3.05, 3.63) is 81.9 Å². The fourth-order valence-electron chi connectivity index (χ4n) is 3.43. The molecule has 1 aromatic heterocycles. The molecule has 0 saturated carbocycles. The standard InChI is InChI=1S/C23H19N3O4/c1-14-2-4-15(5-3-14)12-16-10-11-26-22(16)25-19-13-17(6-7-18(19)23(26)30)24-20(27)8-9-21(28)29/h2-9,12-13H,10-11H2,1H3,(H,24,27)(H,28,29)/b9-8+,16-12+. The molecule has 0 bridgehead atoms. The highest BCUT2D eigenvalue weighted by atomic mass is 16.4. The summed E-state index contributed by atoms with van der Waals surface area (Å²) in [5, 5.41) is 11.7. The third-order valence-electron chi connectivity index (χ3n) is 4.91. The molecule has 1 aliphatic rings. The van der Waals surface area contributed by atoms with Gasteiger partial charge in [0.1, 0.15) is 5.82 Å². The Hall–Kier alpha value is -4.00. The first-order valence-corrected chi connectivity index (χ1v) is 9.45. The van der Waals surface area contributed by atoms with Crippen LogP contribution in [0.2, 0.25) is 0 Å². The summed E-state index contributed by atoms with van der Waals surface area (Å²) in [6.07, 6.45) is 4.45. The summed E-state index contributed by atoms with van der Waals surface area (Å²) in [4.78, 5) is 40.0. The monoisotopic (exact) mass is 401 g/mol. The maximum Gasteiger partial charge on any atom is 0.328 e. The summed E-state index contributed by atoms with van der Waals surface area (Å²) < 4.78 is 1.68. The normalized spacial score (nSPS) is 14.4. The zero-order valence-corrected chi connectivity index (χ0v) is 16.3. The Morgan fingerprint density at radius 3 is 2.63 bits per heavy atom. The lowest BCUT2D eigenvalue weighted by molar-refractivity contribution is -0.131. The lowest BCUT2D eigenvalue weighted by Crippen LogP contribution is -2.21. The molecule has 30 heavy (non-hydrogen) atoms. The zero-order chi connectivity index (χ0) is 21.3. The molecule has 1 aliphatic heterocycles. The number of aromatic nitrogens is 2. The van der Waals surface area contributed by atoms with Crippen LogP contribution in [0.3, 0.4) is 0 Å². The highest BCUT2D eigenvalue weighted by Gasteiger charge is 2.21. The molecule has 0 aliphatic carbocycles. The molecule has 150 valence electrons. The predicted molar refractivity (Wildman–Crippen MR) is 115 cm³/mol. The highest BCUT2D eigenvalue weighted by molar-refractivity contribution is 6.03. The van der Waals surface area contributed by atoms with E-state index in [1.807, 2.05) is 37.3 Å². The van der Waals surface area contributed by atoms with E-state index < -0.39 is 11.9 Å². The number of rotatable bonds is 4. The number of carbonyl (C=O) groups is 2. The van der Waals surface area contributed by atoms with Gasteiger partial charge in [-0.3, -0.25) is 14.2 Å². The Morgan fingerprint density at radius 1 is 1.13 bits per heavy atom. The number of amides is 1. The maximum atomic E-state index is 12.9. The van der Waals surface area contributed by atoms with E-state index in [2.05, 4.69) is 10.3 Å². The molecule has 0 atom stereocenters. The largest absolute Gasteiger partial charge is 0.478 e. The van der Waals surface area contributed by atoms with E-state index >= 15 is 0 Å². The summed E-state index contributed by atoms with van der Waals surface area (Å²) in [6, 6.07) is 13.0. The van der Waals surface area contributed by atoms with Gasteiger partial charge in [0.15, 0.2) is 0 Å². The number of nitrogens with one attached hydrogen (secondary N) is 1. The Morgan fingerprint density at radius 2 is 1.90 bits per heavy atom. The SMILES string of the molecule is Cc1ccc(/C=C2\CCn3c2nc2cc(NC(=O)/C=C/C(=O)O)ccc2c3=O)cc1. The second kappa shape index (κ2) is 7.79. The first-order chi connectivity index (χ1) is 14.4. The average Bonchev–Trinajstić information content (AvgIpc) is 3.11. The molecule has 0 saturated heterocycles. The van der Waals surface area contributed by atoms with Crippen molar-refractivity contribution >= 4 is 40.1 Å². The fraction of sp³-hybridized carbons (Fsp3) is 0.130. The lowest BCUT2D eigenvalue weighted by atomic mass is 10.1. The molecular weight excluding hydrogens is 382 g/mol. The van der Waals surface area contributed by atoms with Crippen LogP contribution >= 0.6 is 0 Å². The van der Waals surface area contributed by atoms with Crippen molar-refractivity contribution in [3.8, 4) is 0 Å². The van der Waals surface area contributed by atoms with Crippen LogP contribution < -0.4 is 10.9 Å². The number of aliphatic carboxylic acids is 1. The van der Waals surface area contributed by atoms with Gasteiger partial charge in [0, 0.05) is 24.4 Å². The first-order valence-electron chi connectivity index (χ1n) is 9.45. The number of allylic oxidation sites excluding steroid dienone is 1. The zero-order valence-electron chi connectivity index (χ0n) is 16.3. The van der Waals surface area contributed by atoms with Gasteiger partial charge in [0.05, 0.1) is 10.9 Å². The number of carboxylic acid groups (broad SMARTS) is 1. The number of fused-ring (bicyclic) bond motifs is 2. The van der Waals surface area contributed by atoms with Crippen LogP contribution in [0.4, 0.5) is 5.69 Å². The van der Waals surface area contributed by atoms with Gasteiger partial charge >= 0.3 is 5.97 Å². The van der Waals surface area contributed by atoms with Gasteiger partial charge in [-0.15, -0.1) is 0 Å². The van der Waals surface area contributed by atoms with E-state index in [0.29, 0.717) is 29.0 Å². The van der Waals surface area contributed by atoms with E-state index in [-0.39, 0.29) is 5.56 Å². The molecule has 0 radical (unpaired) electrons. The Bertz CT molecular complexity index is 1280. The van der Waals surface area contributed by atoms with Crippen LogP contribution in [-0.2, 0) is 16.1 Å². The second-order valence-corrected chi connectivity index (χ2v) is 7.12. The molecule has 0 unspecified atom stereocenters. The molecule has 4 rings (SSSR count). The first kappa shape index (κ1) is 19.3. The van der Waals surface area contributed by atoms with Gasteiger partial charge in [-0.05, 0) is 48.8 Å². The number of anilines is 1. The summed E-state index contributed by atoms with van der Waals surface area (Å²) in [6.45, 7) is 2.61. The lowest BCUT2D eigenvalue weighted by Gasteiger charge is -2.08. The van der Waals surface area contributed by atoms with Crippen molar-refractivity contribution in [1.29, 1.82) is 0 Å². The topological polar surface area (TPSA) is 101 Å². The van der Waals surface area contributed by atoms with Crippen LogP contribution in [0.5, 0.6) is 0 Å². The van der Waals surface area contributed by atoms with Crippen molar-refractivity contribution in [1.82, 2.24) is 9.55 Å². The van der Waals surface area contributed by atoms with E-state index in [1.54, 1.807) is 22.8 Å². The molecule has 0 spiro atoms. The predicted octanol–water partition coefficient (Wildman–Crippen LogP) is 3.23. The summed E-state index contributed by atoms with van der Waals surface area (Å²) in [5.74, 6) is -1.15. The third kappa shape index (κ3) is 3.91. The second-order valence-electron chi connectivity index (χ2n) is 7.12. The molecule has 7 heteroatoms. The van der Waals surface area contributed by atoms with Gasteiger partial charge in [-0.1, -0.05) is 29.8 Å². The molecule has 2 heterocycles. The summed E-state index contributed by atoms with van der Waals surface area (Å²) >= 11 is 0. The number of aryl methyl sites for hydroxylation is 1. The number of nitrogens with zero attached hydrogens (tertiary/aromatic N) is 2. The number of benzene rings is 2. The Balaban J connectivity index is 1.71. The van der Waals surface area contributed by atoms with E-state index in [4.69, 9.17) is 5.11 Å². The molecular formula is C23H19N3O4. The molecule has 2 aromatic carbocycles. The van der Waals surface area contributed by atoms with Crippen molar-refractivity contribution in [2.24, 2.45) is 0 Å². The minimum atomic E-state index is -1.21. The molecule has 0 fully saturated rings. The van der Waals surface area contributed by atoms with Gasteiger partial charge < -0.3 is 10.4 Å². The molecule has 3 aromatic rings. The average molecular weight is 401 g/mol. The Labute approximate surface area is 172 Å². The number of carboxylic acids is 1. The number of carbonyl (C=O) groups excluding carboxylic acids is 1. The van der Waals surface area contributed by atoms with Crippen LogP contribution in [0.15, 0.2) is 59.4 Å². The van der Waals surface area contributed by atoms with Crippen LogP contribution in [-0.4, -0.2) is 26.5 Å². The molecule has 2 N–H and O–H groups in total. The number of hydrogen-bond acceptors (Lipinski definition) is 4. The van der Waals surface area contributed by atoms with Crippen molar-refractivity contribution in [2.45, 2.75) is 19.9 Å². The van der Waals surface area contributed by atoms with Crippen LogP contribution in [0.1, 0.15) is 23.4 Å². The van der Waals surface area contributed by atoms with Crippen LogP contribution in [0.25, 0.3) is 22.6 Å². The van der Waals surface area contributed by atoms with Gasteiger partial charge in [0.25, 0.3) is 5.56 Å². The minimum absolute atomic E-state index is 0.119. The number of hydrogen-bond donors (Lipinski definition) is 2. The van der Waals surface area contributed by atoms with E-state index in [1.165, 1.54) is 5.56 Å². The van der Waals surface area contributed by atoms with Crippen molar-refractivity contribution in [2.75, 3.05) is 5.32 Å². The maximum absolute atomic E-state index is 12.9. The fourth-order valence-corrected chi connectivity index (χ4v) is 3.43. The smallest absolute Gasteiger partial charge is 0.328 e. The van der Waals surface area contributed by atoms with Crippen molar-refractivity contribution < 1.29 is 14.7 Å². The van der Waals surface area contributed by atoms with E-state index in [0.717, 1.165) is 29.7 Å². The quantitative estimate of drug-likeness (QED) is 0.654. The van der Waals surface area contributed by atoms with Gasteiger partial charge in [0.2, 0.25) is 5.91 Å². The third-order valence-corrected chi connectivity index (χ3v) is 4.91. The highest BCUT2D eigenvalue weighted by Crippen LogP contribution is 2.28. The molecule has 1 amide bonds. The minimum Gasteiger partial charge on any atom is -0.478 e.